The highest BCUT2D eigenvalue weighted by Gasteiger charge is 2.30. The second kappa shape index (κ2) is 81.9. The molecule has 5 unspecified atom stereocenters. The Labute approximate surface area is 676 Å². The largest absolute Gasteiger partial charge is 0.472 e. The van der Waals surface area contributed by atoms with Crippen molar-refractivity contribution in [1.29, 1.82) is 0 Å². The van der Waals surface area contributed by atoms with Gasteiger partial charge < -0.3 is 33.8 Å². The lowest BCUT2D eigenvalue weighted by Gasteiger charge is -2.21. The molecule has 17 nitrogen and oxygen atoms in total. The van der Waals surface area contributed by atoms with Gasteiger partial charge in [-0.15, -0.1) is 0 Å². The number of allylic oxidation sites excluding steroid dienone is 40. The number of carbonyl (C=O) groups excluding carboxylic acids is 4. The number of ether oxygens (including phenoxy) is 4. The summed E-state index contributed by atoms with van der Waals surface area (Å²) in [6.07, 6.45) is 107. The Bertz CT molecular complexity index is 3090. The first kappa shape index (κ1) is 105. The zero-order valence-corrected chi connectivity index (χ0v) is 70.3. The first-order chi connectivity index (χ1) is 54.7. The molecule has 0 heterocycles. The molecule has 0 amide bonds. The SMILES string of the molecule is CC/C=C\C/C=C\C/C=C\C/C=C\C/C=C\C/C=C\CCC(=O)OCC(COP(=O)(O)OCC(O)COP(=O)(O)OCC(COC(=O)CC/C=C\C/C=C\C/C=C\C/C=C\C/C=C\C/C=C\CC)OC(=O)CCCCCCCCC/C=C\C/C=C\C/C=C\CC)OC(=O)CCC/C=C\C/C=C\C/C=C\C/C=C\C/C=C\CC. The third-order valence-electron chi connectivity index (χ3n) is 15.8. The zero-order valence-electron chi connectivity index (χ0n) is 68.5. The van der Waals surface area contributed by atoms with E-state index in [2.05, 4.69) is 222 Å². The summed E-state index contributed by atoms with van der Waals surface area (Å²) in [5.74, 6) is -2.48. The Morgan fingerprint density at radius 1 is 0.250 bits per heavy atom. The van der Waals surface area contributed by atoms with Crippen LogP contribution in [0.25, 0.3) is 0 Å². The molecule has 0 aliphatic carbocycles. The lowest BCUT2D eigenvalue weighted by Crippen LogP contribution is -2.30. The molecule has 0 saturated heterocycles. The minimum atomic E-state index is -5.03. The summed E-state index contributed by atoms with van der Waals surface area (Å²) in [5.41, 5.74) is 0. The second-order valence-electron chi connectivity index (χ2n) is 26.2. The number of phosphoric acid groups is 2. The van der Waals surface area contributed by atoms with Gasteiger partial charge in [-0.1, -0.05) is 303 Å². The van der Waals surface area contributed by atoms with Crippen LogP contribution in [0.1, 0.15) is 259 Å². The number of unbranched alkanes of at least 4 members (excludes halogenated alkanes) is 8. The first-order valence-electron chi connectivity index (χ1n) is 41.3. The van der Waals surface area contributed by atoms with Gasteiger partial charge in [0.25, 0.3) is 0 Å². The molecule has 19 heteroatoms. The molecule has 0 rings (SSSR count). The van der Waals surface area contributed by atoms with Crippen LogP contribution in [0.15, 0.2) is 243 Å². The molecular weight excluding hydrogens is 1450 g/mol. The summed E-state index contributed by atoms with van der Waals surface area (Å²) in [6.45, 7) is 4.13. The molecule has 0 fully saturated rings. The maximum Gasteiger partial charge on any atom is 0.472 e. The van der Waals surface area contributed by atoms with Crippen molar-refractivity contribution in [3.05, 3.63) is 243 Å². The van der Waals surface area contributed by atoms with Crippen molar-refractivity contribution in [2.24, 2.45) is 0 Å². The fourth-order valence-corrected chi connectivity index (χ4v) is 11.3. The number of phosphoric ester groups is 2. The summed E-state index contributed by atoms with van der Waals surface area (Å²) < 4.78 is 68.5. The van der Waals surface area contributed by atoms with E-state index in [0.717, 1.165) is 161 Å². The number of esters is 4. The molecule has 112 heavy (non-hydrogen) atoms. The predicted molar refractivity (Wildman–Crippen MR) is 463 cm³/mol. The predicted octanol–water partition coefficient (Wildman–Crippen LogP) is 24.8. The summed E-state index contributed by atoms with van der Waals surface area (Å²) >= 11 is 0. The van der Waals surface area contributed by atoms with E-state index in [1.54, 1.807) is 0 Å². The molecule has 0 aromatic heterocycles. The van der Waals surface area contributed by atoms with Crippen LogP contribution >= 0.6 is 15.6 Å². The number of aliphatic hydroxyl groups excluding tert-OH is 1. The Kier molecular flexibility index (Phi) is 76.6. The molecular formula is C93H142O17P2. The van der Waals surface area contributed by atoms with E-state index in [0.29, 0.717) is 44.9 Å². The molecule has 0 aromatic rings. The van der Waals surface area contributed by atoms with Crippen LogP contribution in [0.2, 0.25) is 0 Å². The van der Waals surface area contributed by atoms with Crippen molar-refractivity contribution in [2.75, 3.05) is 39.6 Å². The van der Waals surface area contributed by atoms with Gasteiger partial charge in [0.1, 0.15) is 19.3 Å². The van der Waals surface area contributed by atoms with Crippen LogP contribution in [-0.2, 0) is 65.4 Å². The average molecular weight is 1590 g/mol. The molecule has 626 valence electrons. The Morgan fingerprint density at radius 2 is 0.464 bits per heavy atom. The highest BCUT2D eigenvalue weighted by atomic mass is 31.2. The molecule has 0 bridgehead atoms. The van der Waals surface area contributed by atoms with Crippen molar-refractivity contribution in [3.63, 3.8) is 0 Å². The van der Waals surface area contributed by atoms with Crippen molar-refractivity contribution < 1.29 is 80.2 Å². The van der Waals surface area contributed by atoms with Gasteiger partial charge in [0.15, 0.2) is 12.2 Å². The van der Waals surface area contributed by atoms with Gasteiger partial charge in [0.05, 0.1) is 26.4 Å². The van der Waals surface area contributed by atoms with Crippen molar-refractivity contribution >= 4 is 39.5 Å². The smallest absolute Gasteiger partial charge is 0.462 e. The summed E-state index contributed by atoms with van der Waals surface area (Å²) in [7, 11) is -10.1. The number of hydrogen-bond acceptors (Lipinski definition) is 15. The van der Waals surface area contributed by atoms with Crippen LogP contribution in [0.3, 0.4) is 0 Å². The van der Waals surface area contributed by atoms with Gasteiger partial charge in [0, 0.05) is 25.7 Å². The Balaban J connectivity index is 5.61. The van der Waals surface area contributed by atoms with Crippen LogP contribution < -0.4 is 0 Å². The van der Waals surface area contributed by atoms with Gasteiger partial charge in [-0.3, -0.25) is 37.3 Å². The summed E-state index contributed by atoms with van der Waals surface area (Å²) in [5, 5.41) is 10.7. The van der Waals surface area contributed by atoms with Crippen LogP contribution in [0, 0.1) is 0 Å². The van der Waals surface area contributed by atoms with Gasteiger partial charge in [-0.05, 0) is 173 Å². The standard InChI is InChI=1S/C93H142O17P2/c1-5-9-13-17-21-25-29-33-37-41-43-47-49-53-57-61-65-69-73-77-90(95)103-83-88(109-92(97)79-75-71-67-63-59-55-51-45-39-35-31-27-23-19-15-11-7-3)85-107-111(99,100)105-81-87(94)82-106-112(101,102)108-86-89(110-93(98)80-76-72-68-64-60-56-52-46-40-36-32-28-24-20-16-12-8-4)84-104-91(96)78-74-70-66-62-58-54-50-48-44-42-38-34-30-26-22-18-14-10-6-2/h9-16,21-28,33-40,43-44,47-48,51,53-55,57-58,63,65-67,69-70,87-89,94H,5-8,17-20,29-32,41-42,45-46,49-50,52,56,59-62,64,68,71-86H2,1-4H3,(H,99,100)(H,101,102)/b13-9-,14-10-,15-11-,16-12-,25-21-,26-22-,27-23-,28-24-,37-33-,38-34-,39-35-,40-36-,47-43-,48-44-,55-51-,57-53-,58-54-,67-63-,69-65-,70-66-. The van der Waals surface area contributed by atoms with Crippen molar-refractivity contribution in [1.82, 2.24) is 0 Å². The average Bonchev–Trinajstić information content (AvgIpc) is 0.895. The number of hydrogen-bond donors (Lipinski definition) is 3. The molecule has 0 aromatic carbocycles. The minimum absolute atomic E-state index is 0.0113. The van der Waals surface area contributed by atoms with E-state index >= 15 is 0 Å². The monoisotopic (exact) mass is 1590 g/mol. The van der Waals surface area contributed by atoms with Crippen molar-refractivity contribution in [3.8, 4) is 0 Å². The normalized spacial score (nSPS) is 15.0. The van der Waals surface area contributed by atoms with E-state index in [9.17, 15) is 43.2 Å². The second-order valence-corrected chi connectivity index (χ2v) is 29.1. The van der Waals surface area contributed by atoms with Crippen LogP contribution in [0.4, 0.5) is 0 Å². The number of aliphatic hydroxyl groups is 1. The Morgan fingerprint density at radius 3 is 0.741 bits per heavy atom. The summed E-state index contributed by atoms with van der Waals surface area (Å²) in [4.78, 5) is 73.1. The molecule has 0 aliphatic rings. The highest BCUT2D eigenvalue weighted by Crippen LogP contribution is 2.45. The molecule has 0 aliphatic heterocycles. The summed E-state index contributed by atoms with van der Waals surface area (Å²) in [6, 6.07) is 0. The minimum Gasteiger partial charge on any atom is -0.462 e. The zero-order chi connectivity index (χ0) is 81.7. The maximum absolute atomic E-state index is 13.1. The third-order valence-corrected chi connectivity index (χ3v) is 17.7. The van der Waals surface area contributed by atoms with Gasteiger partial charge in [-0.25, -0.2) is 9.13 Å². The topological polar surface area (TPSA) is 237 Å². The number of rotatable bonds is 74. The first-order valence-corrected chi connectivity index (χ1v) is 44.3. The van der Waals surface area contributed by atoms with Crippen LogP contribution in [0.5, 0.6) is 0 Å². The lowest BCUT2D eigenvalue weighted by atomic mass is 10.1. The highest BCUT2D eigenvalue weighted by molar-refractivity contribution is 7.47. The van der Waals surface area contributed by atoms with E-state index in [-0.39, 0.29) is 25.7 Å². The van der Waals surface area contributed by atoms with E-state index in [1.807, 2.05) is 48.6 Å². The van der Waals surface area contributed by atoms with Crippen LogP contribution in [-0.4, -0.2) is 96.7 Å². The maximum atomic E-state index is 13.1. The number of carbonyl (C=O) groups is 4. The molecule has 0 spiro atoms. The van der Waals surface area contributed by atoms with Gasteiger partial charge in [-0.2, -0.15) is 0 Å². The third kappa shape index (κ3) is 80.9. The molecule has 0 saturated carbocycles. The van der Waals surface area contributed by atoms with E-state index < -0.39 is 97.5 Å². The fourth-order valence-electron chi connectivity index (χ4n) is 9.73. The van der Waals surface area contributed by atoms with Crippen molar-refractivity contribution in [2.45, 2.75) is 277 Å². The fraction of sp³-hybridized carbons (Fsp3) is 0.527. The van der Waals surface area contributed by atoms with E-state index in [1.165, 1.54) is 0 Å². The van der Waals surface area contributed by atoms with E-state index in [4.69, 9.17) is 37.0 Å². The van der Waals surface area contributed by atoms with Gasteiger partial charge >= 0.3 is 39.5 Å². The molecule has 0 radical (unpaired) electrons. The molecule has 3 N–H and O–H groups in total. The van der Waals surface area contributed by atoms with Gasteiger partial charge in [0.2, 0.25) is 0 Å². The molecule has 5 atom stereocenters. The Hall–Kier alpha value is -7.14. The lowest BCUT2D eigenvalue weighted by molar-refractivity contribution is -0.161. The quantitative estimate of drug-likeness (QED) is 0.0169.